The molecule has 88 heavy (non-hydrogen) atoms. The van der Waals surface area contributed by atoms with E-state index in [4.69, 9.17) is 42.8 Å². The van der Waals surface area contributed by atoms with Gasteiger partial charge in [0.1, 0.15) is 23.6 Å². The van der Waals surface area contributed by atoms with Crippen LogP contribution in [0.15, 0.2) is 249 Å². The standard InChI is InChI=1S/C46H26N2S3.C18H12BO2S.C10H4Cl2N2S/c1-3-19-39-34(13-1)36-17-7-15-32(44(36)49-39)29-10-5-9-27(23-29)28-21-22-41-38(25-28)43-46(51-41)42(47-26-48-43)31-12-6-11-30(24-31)33-16-8-18-37-35-14-2-4-20-40(35)50-45(33)37;20-19-21-13-6-3-5-12(11-13)14-8-4-9-16-15-7-1-2-10-17(15)22-18(14)16;11-5-1-2-7-6(3-5)8-9(15-7)10(12)14-4-13-8/h1-26H;1-11,20H;1-4H. The van der Waals surface area contributed by atoms with Gasteiger partial charge in [-0.25, -0.2) is 19.9 Å². The van der Waals surface area contributed by atoms with E-state index < -0.39 is 0 Å². The molecule has 18 aromatic rings. The van der Waals surface area contributed by atoms with Gasteiger partial charge >= 0.3 is 7.69 Å². The summed E-state index contributed by atoms with van der Waals surface area (Å²) in [5.74, 6) is 0.623. The molecule has 0 fully saturated rings. The minimum Gasteiger partial charge on any atom is -0.537 e. The van der Waals surface area contributed by atoms with Crippen molar-refractivity contribution in [3.05, 3.63) is 259 Å². The maximum atomic E-state index is 8.80. The number of nitrogens with zero attached hydrogens (tertiary/aromatic N) is 4. The zero-order valence-electron chi connectivity index (χ0n) is 46.2. The molecule has 0 saturated carbocycles. The van der Waals surface area contributed by atoms with Crippen LogP contribution in [0.25, 0.3) is 157 Å². The number of benzene rings is 11. The monoisotopic (exact) mass is 1260 g/mol. The van der Waals surface area contributed by atoms with Crippen LogP contribution < -0.4 is 4.65 Å². The van der Waals surface area contributed by atoms with Crippen molar-refractivity contribution >= 4 is 189 Å². The highest BCUT2D eigenvalue weighted by Crippen LogP contribution is 2.46. The molecule has 0 bridgehead atoms. The largest absolute Gasteiger partial charge is 0.569 e. The van der Waals surface area contributed by atoms with Crippen LogP contribution in [0, 0.1) is 0 Å². The van der Waals surface area contributed by atoms with Gasteiger partial charge < -0.3 is 9.68 Å². The van der Waals surface area contributed by atoms with Gasteiger partial charge in [-0.2, -0.15) is 0 Å². The van der Waals surface area contributed by atoms with Crippen molar-refractivity contribution in [2.45, 2.75) is 0 Å². The summed E-state index contributed by atoms with van der Waals surface area (Å²) in [6.07, 6.45) is 3.19. The predicted octanol–water partition coefficient (Wildman–Crippen LogP) is 23.0. The van der Waals surface area contributed by atoms with Gasteiger partial charge in [0.15, 0.2) is 0 Å². The zero-order chi connectivity index (χ0) is 58.8. The van der Waals surface area contributed by atoms with Gasteiger partial charge in [-0.1, -0.05) is 187 Å². The molecule has 1 radical (unpaired) electrons. The number of hydrogen-bond acceptors (Lipinski definition) is 11. The lowest BCUT2D eigenvalue weighted by atomic mass is 9.97. The molecule has 0 aliphatic carbocycles. The lowest BCUT2D eigenvalue weighted by molar-refractivity contribution is 0.454. The average Bonchev–Trinajstić information content (AvgIpc) is 2.52. The second-order valence-corrected chi connectivity index (χ2v) is 27.1. The molecule has 18 rings (SSSR count). The lowest BCUT2D eigenvalue weighted by Crippen LogP contribution is -1.99. The van der Waals surface area contributed by atoms with Gasteiger partial charge in [-0.05, 0) is 117 Å². The van der Waals surface area contributed by atoms with Crippen LogP contribution in [0.4, 0.5) is 0 Å². The second kappa shape index (κ2) is 23.0. The van der Waals surface area contributed by atoms with E-state index in [9.17, 15) is 0 Å². The maximum Gasteiger partial charge on any atom is 0.569 e. The normalized spacial score (nSPS) is 11.6. The fourth-order valence-corrected chi connectivity index (χ4v) is 18.2. The Morgan fingerprint density at radius 1 is 0.318 bits per heavy atom. The van der Waals surface area contributed by atoms with Crippen molar-refractivity contribution in [2.24, 2.45) is 0 Å². The van der Waals surface area contributed by atoms with Gasteiger partial charge in [-0.15, -0.1) is 56.7 Å². The van der Waals surface area contributed by atoms with E-state index in [2.05, 4.69) is 210 Å². The number of thiophene rings is 5. The highest BCUT2D eigenvalue weighted by atomic mass is 35.5. The van der Waals surface area contributed by atoms with E-state index in [1.165, 1.54) is 116 Å². The molecule has 0 saturated heterocycles. The summed E-state index contributed by atoms with van der Waals surface area (Å²) in [7, 11) is 0.707. The van der Waals surface area contributed by atoms with E-state index in [1.807, 2.05) is 59.1 Å². The number of fused-ring (bicyclic) bond motifs is 15. The molecule has 0 unspecified atom stereocenters. The Morgan fingerprint density at radius 3 is 1.33 bits per heavy atom. The van der Waals surface area contributed by atoms with Crippen molar-refractivity contribution in [1.82, 2.24) is 19.9 Å². The Balaban J connectivity index is 0.000000137. The van der Waals surface area contributed by atoms with Gasteiger partial charge in [0, 0.05) is 91.3 Å². The minimum atomic E-state index is 0.498. The SMILES string of the molecule is Clc1ccc2sc3c(Cl)ncnc3c2c1.O[B]Oc1cccc(-c2cccc3c2sc2ccccc23)c1.c1cc(-c2ccc3sc4c(-c5cccc(-c6cccc7c6sc6ccccc67)c5)ncnc4c3c2)cc(-c2cccc3c2sc2ccccc23)c1. The molecule has 0 aliphatic heterocycles. The third-order valence-corrected chi connectivity index (χ3v) is 22.5. The van der Waals surface area contributed by atoms with Crippen LogP contribution in [0.3, 0.4) is 0 Å². The quantitative estimate of drug-likeness (QED) is 0.126. The highest BCUT2D eigenvalue weighted by molar-refractivity contribution is 7.28. The number of rotatable bonds is 7. The molecular weight excluding hydrogens is 1220 g/mol. The van der Waals surface area contributed by atoms with Crippen molar-refractivity contribution in [1.29, 1.82) is 0 Å². The first-order chi connectivity index (χ1) is 43.4. The maximum absolute atomic E-state index is 8.80. The van der Waals surface area contributed by atoms with Crippen LogP contribution in [-0.4, -0.2) is 32.6 Å². The summed E-state index contributed by atoms with van der Waals surface area (Å²) < 4.78 is 17.3. The summed E-state index contributed by atoms with van der Waals surface area (Å²) in [5, 5.41) is 20.1. The van der Waals surface area contributed by atoms with Gasteiger partial charge in [0.25, 0.3) is 0 Å². The second-order valence-electron chi connectivity index (χ2n) is 21.1. The minimum absolute atomic E-state index is 0.498. The Morgan fingerprint density at radius 2 is 0.739 bits per heavy atom. The number of halogens is 2. The van der Waals surface area contributed by atoms with Crippen LogP contribution >= 0.6 is 79.9 Å². The van der Waals surface area contributed by atoms with E-state index in [-0.39, 0.29) is 0 Å². The van der Waals surface area contributed by atoms with Crippen LogP contribution in [0.5, 0.6) is 5.75 Å². The Kier molecular flexibility index (Phi) is 14.2. The van der Waals surface area contributed by atoms with Crippen molar-refractivity contribution in [3.8, 4) is 61.5 Å². The molecule has 1 N–H and O–H groups in total. The first kappa shape index (κ1) is 54.5. The third-order valence-electron chi connectivity index (χ3n) is 15.9. The highest BCUT2D eigenvalue weighted by Gasteiger charge is 2.18. The molecule has 7 aromatic heterocycles. The summed E-state index contributed by atoms with van der Waals surface area (Å²) >= 11 is 20.8. The van der Waals surface area contributed by atoms with E-state index in [1.54, 1.807) is 40.3 Å². The zero-order valence-corrected chi connectivity index (χ0v) is 51.8. The first-order valence-electron chi connectivity index (χ1n) is 28.2. The molecule has 11 aromatic carbocycles. The summed E-state index contributed by atoms with van der Waals surface area (Å²) in [6, 6.07) is 83.7. The molecule has 417 valence electrons. The van der Waals surface area contributed by atoms with Crippen LogP contribution in [0.1, 0.15) is 0 Å². The van der Waals surface area contributed by atoms with Gasteiger partial charge in [0.05, 0.1) is 26.1 Å². The summed E-state index contributed by atoms with van der Waals surface area (Å²) in [4.78, 5) is 17.9. The Labute approximate surface area is 534 Å². The molecule has 0 aliphatic rings. The molecular formula is C74H42BCl2N4O2S5. The van der Waals surface area contributed by atoms with E-state index in [0.29, 0.717) is 23.6 Å². The number of hydrogen-bond donors (Lipinski definition) is 1. The van der Waals surface area contributed by atoms with Crippen molar-refractivity contribution in [3.63, 3.8) is 0 Å². The smallest absolute Gasteiger partial charge is 0.537 e. The molecule has 6 nitrogen and oxygen atoms in total. The van der Waals surface area contributed by atoms with Crippen molar-refractivity contribution in [2.75, 3.05) is 0 Å². The Hall–Kier alpha value is -8.92. The Bertz CT molecular complexity index is 5760. The number of aromatic nitrogens is 4. The fourth-order valence-electron chi connectivity index (χ4n) is 11.9. The molecule has 14 heteroatoms. The van der Waals surface area contributed by atoms with Gasteiger partial charge in [0.2, 0.25) is 0 Å². The average molecular weight is 1260 g/mol. The molecule has 0 atom stereocenters. The summed E-state index contributed by atoms with van der Waals surface area (Å²) in [5.41, 5.74) is 13.6. The van der Waals surface area contributed by atoms with E-state index >= 15 is 0 Å². The van der Waals surface area contributed by atoms with E-state index in [0.717, 1.165) is 47.3 Å². The topological polar surface area (TPSA) is 81.0 Å². The van der Waals surface area contributed by atoms with Crippen LogP contribution in [-0.2, 0) is 0 Å². The lowest BCUT2D eigenvalue weighted by Gasteiger charge is -2.08. The van der Waals surface area contributed by atoms with Gasteiger partial charge in [-0.3, -0.25) is 0 Å². The first-order valence-corrected chi connectivity index (χ1v) is 33.0. The third kappa shape index (κ3) is 9.83. The van der Waals surface area contributed by atoms with Crippen LogP contribution in [0.2, 0.25) is 10.2 Å². The molecule has 0 spiro atoms. The summed E-state index contributed by atoms with van der Waals surface area (Å²) in [6.45, 7) is 0. The fraction of sp³-hybridized carbons (Fsp3) is 0. The predicted molar refractivity (Wildman–Crippen MR) is 381 cm³/mol. The molecule has 7 heterocycles. The van der Waals surface area contributed by atoms with Crippen molar-refractivity contribution < 1.29 is 9.68 Å². The molecule has 0 amide bonds.